The van der Waals surface area contributed by atoms with Crippen molar-refractivity contribution in [2.45, 2.75) is 13.3 Å². The predicted octanol–water partition coefficient (Wildman–Crippen LogP) is 2.29. The highest BCUT2D eigenvalue weighted by molar-refractivity contribution is 5.66. The molecule has 0 aromatic carbocycles. The Bertz CT molecular complexity index is 449. The summed E-state index contributed by atoms with van der Waals surface area (Å²) in [7, 11) is 0. The number of anilines is 1. The van der Waals surface area contributed by atoms with Crippen LogP contribution in [-0.4, -0.2) is 9.97 Å². The lowest BCUT2D eigenvalue weighted by atomic mass is 10.0. The van der Waals surface area contributed by atoms with Gasteiger partial charge in [0.25, 0.3) is 0 Å². The summed E-state index contributed by atoms with van der Waals surface area (Å²) in [5, 5.41) is 0. The van der Waals surface area contributed by atoms with Crippen molar-refractivity contribution in [1.82, 2.24) is 9.97 Å². The van der Waals surface area contributed by atoms with Crippen LogP contribution in [0.4, 0.5) is 5.82 Å². The van der Waals surface area contributed by atoms with Crippen molar-refractivity contribution in [2.75, 3.05) is 5.73 Å². The average Bonchev–Trinajstić information content (AvgIpc) is 2.30. The first kappa shape index (κ1) is 9.65. The first-order chi connectivity index (χ1) is 7.31. The molecule has 15 heavy (non-hydrogen) atoms. The standard InChI is InChI=1S/C12H13N3/c1-2-9-7-14-6-5-11(9)10-3-4-12(13)15-8-10/h3-8H,2H2,1H3,(H2,13,15). The van der Waals surface area contributed by atoms with Gasteiger partial charge in [0.2, 0.25) is 0 Å². The Morgan fingerprint density at radius 2 is 2.07 bits per heavy atom. The zero-order valence-corrected chi connectivity index (χ0v) is 8.64. The van der Waals surface area contributed by atoms with E-state index in [9.17, 15) is 0 Å². The van der Waals surface area contributed by atoms with Gasteiger partial charge in [-0.15, -0.1) is 0 Å². The van der Waals surface area contributed by atoms with E-state index in [-0.39, 0.29) is 0 Å². The first-order valence-corrected chi connectivity index (χ1v) is 4.96. The lowest BCUT2D eigenvalue weighted by molar-refractivity contribution is 1.10. The first-order valence-electron chi connectivity index (χ1n) is 4.96. The van der Waals surface area contributed by atoms with Gasteiger partial charge in [-0.05, 0) is 35.7 Å². The minimum absolute atomic E-state index is 0.547. The number of aryl methyl sites for hydroxylation is 1. The third-order valence-electron chi connectivity index (χ3n) is 2.38. The maximum Gasteiger partial charge on any atom is 0.123 e. The molecule has 2 heterocycles. The minimum atomic E-state index is 0.547. The molecule has 76 valence electrons. The van der Waals surface area contributed by atoms with Crippen molar-refractivity contribution in [1.29, 1.82) is 0 Å². The number of nitrogens with two attached hydrogens (primary N) is 1. The Morgan fingerprint density at radius 1 is 1.20 bits per heavy atom. The van der Waals surface area contributed by atoms with Gasteiger partial charge < -0.3 is 5.73 Å². The number of hydrogen-bond acceptors (Lipinski definition) is 3. The molecule has 0 atom stereocenters. The summed E-state index contributed by atoms with van der Waals surface area (Å²) in [6, 6.07) is 5.80. The molecule has 3 heteroatoms. The van der Waals surface area contributed by atoms with Gasteiger partial charge in [-0.25, -0.2) is 4.98 Å². The number of aromatic nitrogens is 2. The monoisotopic (exact) mass is 199 g/mol. The van der Waals surface area contributed by atoms with E-state index in [2.05, 4.69) is 16.9 Å². The molecule has 0 radical (unpaired) electrons. The molecule has 0 unspecified atom stereocenters. The van der Waals surface area contributed by atoms with Crippen LogP contribution in [0.15, 0.2) is 36.8 Å². The molecular weight excluding hydrogens is 186 g/mol. The molecule has 0 saturated heterocycles. The van der Waals surface area contributed by atoms with Crippen LogP contribution in [0.1, 0.15) is 12.5 Å². The van der Waals surface area contributed by atoms with E-state index in [1.165, 1.54) is 11.1 Å². The molecule has 0 aliphatic heterocycles. The summed E-state index contributed by atoms with van der Waals surface area (Å²) >= 11 is 0. The smallest absolute Gasteiger partial charge is 0.123 e. The van der Waals surface area contributed by atoms with Crippen molar-refractivity contribution < 1.29 is 0 Å². The fraction of sp³-hybridized carbons (Fsp3) is 0.167. The van der Waals surface area contributed by atoms with Crippen LogP contribution >= 0.6 is 0 Å². The fourth-order valence-electron chi connectivity index (χ4n) is 1.56. The molecule has 0 aliphatic carbocycles. The van der Waals surface area contributed by atoms with Gasteiger partial charge in [-0.3, -0.25) is 4.98 Å². The van der Waals surface area contributed by atoms with Gasteiger partial charge in [-0.2, -0.15) is 0 Å². The third kappa shape index (κ3) is 1.96. The zero-order chi connectivity index (χ0) is 10.7. The van der Waals surface area contributed by atoms with Gasteiger partial charge in [0.1, 0.15) is 5.82 Å². The Balaban J connectivity index is 2.49. The molecule has 2 N–H and O–H groups in total. The van der Waals surface area contributed by atoms with E-state index in [1.807, 2.05) is 24.4 Å². The Kier molecular flexibility index (Phi) is 2.63. The highest BCUT2D eigenvalue weighted by atomic mass is 14.8. The summed E-state index contributed by atoms with van der Waals surface area (Å²) in [4.78, 5) is 8.20. The second-order valence-corrected chi connectivity index (χ2v) is 3.36. The predicted molar refractivity (Wildman–Crippen MR) is 61.3 cm³/mol. The summed E-state index contributed by atoms with van der Waals surface area (Å²) < 4.78 is 0. The largest absolute Gasteiger partial charge is 0.384 e. The Morgan fingerprint density at radius 3 is 2.73 bits per heavy atom. The van der Waals surface area contributed by atoms with Crippen LogP contribution in [0.5, 0.6) is 0 Å². The molecule has 2 rings (SSSR count). The van der Waals surface area contributed by atoms with Gasteiger partial charge in [-0.1, -0.05) is 6.92 Å². The van der Waals surface area contributed by atoms with Gasteiger partial charge in [0.15, 0.2) is 0 Å². The second-order valence-electron chi connectivity index (χ2n) is 3.36. The third-order valence-corrected chi connectivity index (χ3v) is 2.38. The quantitative estimate of drug-likeness (QED) is 0.807. The van der Waals surface area contributed by atoms with E-state index in [1.54, 1.807) is 12.4 Å². The summed E-state index contributed by atoms with van der Waals surface area (Å²) in [6.07, 6.45) is 6.45. The van der Waals surface area contributed by atoms with Crippen LogP contribution in [0.25, 0.3) is 11.1 Å². The van der Waals surface area contributed by atoms with E-state index in [0.29, 0.717) is 5.82 Å². The van der Waals surface area contributed by atoms with E-state index >= 15 is 0 Å². The molecule has 0 amide bonds. The summed E-state index contributed by atoms with van der Waals surface area (Å²) in [5.74, 6) is 0.547. The van der Waals surface area contributed by atoms with E-state index in [0.717, 1.165) is 12.0 Å². The van der Waals surface area contributed by atoms with Crippen molar-refractivity contribution in [3.05, 3.63) is 42.4 Å². The lowest BCUT2D eigenvalue weighted by Gasteiger charge is -2.06. The van der Waals surface area contributed by atoms with Crippen LogP contribution in [0.3, 0.4) is 0 Å². The SMILES string of the molecule is CCc1cnccc1-c1ccc(N)nc1. The Hall–Kier alpha value is -1.90. The lowest BCUT2D eigenvalue weighted by Crippen LogP contribution is -1.92. The highest BCUT2D eigenvalue weighted by Crippen LogP contribution is 2.22. The molecule has 0 saturated carbocycles. The maximum absolute atomic E-state index is 5.55. The molecule has 0 bridgehead atoms. The molecule has 2 aromatic rings. The summed E-state index contributed by atoms with van der Waals surface area (Å²) in [5.41, 5.74) is 9.04. The number of rotatable bonds is 2. The van der Waals surface area contributed by atoms with Gasteiger partial charge >= 0.3 is 0 Å². The van der Waals surface area contributed by atoms with Crippen molar-refractivity contribution in [2.24, 2.45) is 0 Å². The number of pyridine rings is 2. The Labute approximate surface area is 89.0 Å². The second kappa shape index (κ2) is 4.09. The van der Waals surface area contributed by atoms with Crippen molar-refractivity contribution in [3.8, 4) is 11.1 Å². The van der Waals surface area contributed by atoms with E-state index < -0.39 is 0 Å². The number of hydrogen-bond donors (Lipinski definition) is 1. The van der Waals surface area contributed by atoms with Gasteiger partial charge in [0, 0.05) is 24.2 Å². The fourth-order valence-corrected chi connectivity index (χ4v) is 1.56. The molecule has 2 aromatic heterocycles. The van der Waals surface area contributed by atoms with Crippen LogP contribution in [0.2, 0.25) is 0 Å². The van der Waals surface area contributed by atoms with Crippen molar-refractivity contribution >= 4 is 5.82 Å². The normalized spacial score (nSPS) is 10.2. The molecule has 0 spiro atoms. The topological polar surface area (TPSA) is 51.8 Å². The van der Waals surface area contributed by atoms with Crippen molar-refractivity contribution in [3.63, 3.8) is 0 Å². The van der Waals surface area contributed by atoms with Crippen LogP contribution in [0, 0.1) is 0 Å². The maximum atomic E-state index is 5.55. The molecule has 3 nitrogen and oxygen atoms in total. The average molecular weight is 199 g/mol. The summed E-state index contributed by atoms with van der Waals surface area (Å²) in [6.45, 7) is 2.12. The number of nitrogen functional groups attached to an aromatic ring is 1. The molecule has 0 aliphatic rings. The molecule has 0 fully saturated rings. The minimum Gasteiger partial charge on any atom is -0.384 e. The van der Waals surface area contributed by atoms with Gasteiger partial charge in [0.05, 0.1) is 0 Å². The number of nitrogens with zero attached hydrogens (tertiary/aromatic N) is 2. The van der Waals surface area contributed by atoms with E-state index in [4.69, 9.17) is 5.73 Å². The zero-order valence-electron chi connectivity index (χ0n) is 8.64. The van der Waals surface area contributed by atoms with Crippen LogP contribution < -0.4 is 5.73 Å². The molecular formula is C12H13N3. The van der Waals surface area contributed by atoms with Crippen LogP contribution in [-0.2, 0) is 6.42 Å². The highest BCUT2D eigenvalue weighted by Gasteiger charge is 2.03.